The van der Waals surface area contributed by atoms with Crippen molar-refractivity contribution in [1.82, 2.24) is 19.9 Å². The van der Waals surface area contributed by atoms with Crippen LogP contribution in [-0.2, 0) is 6.54 Å². The van der Waals surface area contributed by atoms with E-state index in [4.69, 9.17) is 4.98 Å². The van der Waals surface area contributed by atoms with Gasteiger partial charge < -0.3 is 5.32 Å². The Kier molecular flexibility index (Phi) is 5.81. The number of rotatable bonds is 5. The Morgan fingerprint density at radius 2 is 1.90 bits per heavy atom. The van der Waals surface area contributed by atoms with E-state index >= 15 is 0 Å². The predicted octanol–water partition coefficient (Wildman–Crippen LogP) is 4.75. The SMILES string of the molecule is Cc1ccnc(Nc2cc(C3CCCN(Cc4ccc(F)cc4)C3)nc(C)n2)c1. The van der Waals surface area contributed by atoms with Crippen LogP contribution in [-0.4, -0.2) is 32.9 Å². The molecule has 1 N–H and O–H groups in total. The first-order valence-corrected chi connectivity index (χ1v) is 10.1. The van der Waals surface area contributed by atoms with Crippen molar-refractivity contribution in [2.24, 2.45) is 0 Å². The molecule has 29 heavy (non-hydrogen) atoms. The van der Waals surface area contributed by atoms with Crippen molar-refractivity contribution in [2.45, 2.75) is 39.2 Å². The number of nitrogens with zero attached hydrogens (tertiary/aromatic N) is 4. The van der Waals surface area contributed by atoms with Crippen molar-refractivity contribution in [3.63, 3.8) is 0 Å². The maximum atomic E-state index is 13.2. The van der Waals surface area contributed by atoms with Gasteiger partial charge in [-0.3, -0.25) is 4.90 Å². The van der Waals surface area contributed by atoms with Gasteiger partial charge in [0.05, 0.1) is 5.69 Å². The van der Waals surface area contributed by atoms with Gasteiger partial charge in [-0.25, -0.2) is 19.3 Å². The lowest BCUT2D eigenvalue weighted by Crippen LogP contribution is -2.34. The molecule has 0 saturated carbocycles. The van der Waals surface area contributed by atoms with Gasteiger partial charge >= 0.3 is 0 Å². The Morgan fingerprint density at radius 3 is 2.69 bits per heavy atom. The first-order valence-electron chi connectivity index (χ1n) is 10.1. The molecule has 1 saturated heterocycles. The minimum absolute atomic E-state index is 0.190. The molecular weight excluding hydrogens is 365 g/mol. The smallest absolute Gasteiger partial charge is 0.135 e. The Labute approximate surface area is 171 Å². The van der Waals surface area contributed by atoms with Gasteiger partial charge in [0.15, 0.2) is 0 Å². The van der Waals surface area contributed by atoms with Crippen LogP contribution < -0.4 is 5.32 Å². The standard InChI is InChI=1S/C23H26FN5/c1-16-9-10-25-22(12-16)28-23-13-21(26-17(2)27-23)19-4-3-11-29(15-19)14-18-5-7-20(24)8-6-18/h5-10,12-13,19H,3-4,11,14-15H2,1-2H3,(H,25,26,27,28). The van der Waals surface area contributed by atoms with E-state index < -0.39 is 0 Å². The fourth-order valence-electron chi connectivity index (χ4n) is 3.89. The normalized spacial score (nSPS) is 17.3. The van der Waals surface area contributed by atoms with Gasteiger partial charge in [-0.2, -0.15) is 0 Å². The summed E-state index contributed by atoms with van der Waals surface area (Å²) in [4.78, 5) is 16.0. The Balaban J connectivity index is 1.48. The third kappa shape index (κ3) is 5.15. The van der Waals surface area contributed by atoms with Gasteiger partial charge in [0.2, 0.25) is 0 Å². The maximum Gasteiger partial charge on any atom is 0.135 e. The largest absolute Gasteiger partial charge is 0.325 e. The summed E-state index contributed by atoms with van der Waals surface area (Å²) in [6.07, 6.45) is 4.02. The molecule has 2 aromatic heterocycles. The van der Waals surface area contributed by atoms with E-state index in [9.17, 15) is 4.39 Å². The molecule has 1 fully saturated rings. The lowest BCUT2D eigenvalue weighted by atomic mass is 9.94. The van der Waals surface area contributed by atoms with E-state index in [2.05, 4.69) is 20.2 Å². The topological polar surface area (TPSA) is 53.9 Å². The quantitative estimate of drug-likeness (QED) is 0.680. The van der Waals surface area contributed by atoms with Crippen LogP contribution >= 0.6 is 0 Å². The van der Waals surface area contributed by atoms with Gasteiger partial charge in [-0.05, 0) is 68.6 Å². The van der Waals surface area contributed by atoms with Gasteiger partial charge in [0.25, 0.3) is 0 Å². The average Bonchev–Trinajstić information content (AvgIpc) is 2.70. The number of aryl methyl sites for hydroxylation is 2. The molecule has 6 heteroatoms. The Hall–Kier alpha value is -2.86. The molecule has 3 aromatic rings. The van der Waals surface area contributed by atoms with Crippen molar-refractivity contribution >= 4 is 11.6 Å². The number of halogens is 1. The zero-order valence-electron chi connectivity index (χ0n) is 16.9. The van der Waals surface area contributed by atoms with Crippen molar-refractivity contribution in [1.29, 1.82) is 0 Å². The zero-order chi connectivity index (χ0) is 20.2. The van der Waals surface area contributed by atoms with Crippen LogP contribution in [0, 0.1) is 19.7 Å². The number of likely N-dealkylation sites (tertiary alicyclic amines) is 1. The minimum Gasteiger partial charge on any atom is -0.325 e. The highest BCUT2D eigenvalue weighted by atomic mass is 19.1. The molecule has 0 amide bonds. The number of nitrogens with one attached hydrogen (secondary N) is 1. The number of anilines is 2. The molecule has 1 aliphatic heterocycles. The molecule has 0 radical (unpaired) electrons. The minimum atomic E-state index is -0.190. The summed E-state index contributed by atoms with van der Waals surface area (Å²) in [6, 6.07) is 12.8. The lowest BCUT2D eigenvalue weighted by molar-refractivity contribution is 0.198. The van der Waals surface area contributed by atoms with Crippen LogP contribution in [0.15, 0.2) is 48.7 Å². The lowest BCUT2D eigenvalue weighted by Gasteiger charge is -2.32. The number of piperidine rings is 1. The summed E-state index contributed by atoms with van der Waals surface area (Å²) in [5.41, 5.74) is 3.35. The van der Waals surface area contributed by atoms with Gasteiger partial charge in [0, 0.05) is 31.3 Å². The van der Waals surface area contributed by atoms with E-state index in [-0.39, 0.29) is 5.82 Å². The molecule has 1 aromatic carbocycles. The predicted molar refractivity (Wildman–Crippen MR) is 113 cm³/mol. The van der Waals surface area contributed by atoms with E-state index in [0.717, 1.165) is 66.8 Å². The fraction of sp³-hybridized carbons (Fsp3) is 0.348. The first kappa shape index (κ1) is 19.5. The molecule has 0 aliphatic carbocycles. The van der Waals surface area contributed by atoms with Gasteiger partial charge in [-0.1, -0.05) is 12.1 Å². The Bertz CT molecular complexity index is 973. The summed E-state index contributed by atoms with van der Waals surface area (Å²) in [7, 11) is 0. The molecule has 3 heterocycles. The van der Waals surface area contributed by atoms with E-state index in [0.29, 0.717) is 5.92 Å². The second-order valence-electron chi connectivity index (χ2n) is 7.77. The maximum absolute atomic E-state index is 13.2. The number of pyridine rings is 1. The molecule has 1 unspecified atom stereocenters. The zero-order valence-corrected chi connectivity index (χ0v) is 16.9. The summed E-state index contributed by atoms with van der Waals surface area (Å²) in [6.45, 7) is 6.80. The molecule has 0 bridgehead atoms. The molecule has 5 nitrogen and oxygen atoms in total. The molecule has 4 rings (SSSR count). The van der Waals surface area contributed by atoms with Gasteiger partial charge in [-0.15, -0.1) is 0 Å². The number of benzene rings is 1. The third-order valence-electron chi connectivity index (χ3n) is 5.27. The van der Waals surface area contributed by atoms with Crippen molar-refractivity contribution < 1.29 is 4.39 Å². The molecule has 0 spiro atoms. The van der Waals surface area contributed by atoms with Crippen LogP contribution in [0.25, 0.3) is 0 Å². The third-order valence-corrected chi connectivity index (χ3v) is 5.27. The highest BCUT2D eigenvalue weighted by molar-refractivity contribution is 5.52. The van der Waals surface area contributed by atoms with Crippen LogP contribution in [0.3, 0.4) is 0 Å². The second-order valence-corrected chi connectivity index (χ2v) is 7.77. The monoisotopic (exact) mass is 391 g/mol. The molecule has 1 aliphatic rings. The summed E-state index contributed by atoms with van der Waals surface area (Å²) >= 11 is 0. The van der Waals surface area contributed by atoms with E-state index in [1.165, 1.54) is 12.1 Å². The number of aromatic nitrogens is 3. The molecule has 1 atom stereocenters. The van der Waals surface area contributed by atoms with Crippen LogP contribution in [0.4, 0.5) is 16.0 Å². The molecular formula is C23H26FN5. The van der Waals surface area contributed by atoms with Gasteiger partial charge in [0.1, 0.15) is 23.3 Å². The number of hydrogen-bond acceptors (Lipinski definition) is 5. The summed E-state index contributed by atoms with van der Waals surface area (Å²) in [5, 5.41) is 3.31. The van der Waals surface area contributed by atoms with Crippen LogP contribution in [0.2, 0.25) is 0 Å². The van der Waals surface area contributed by atoms with Crippen LogP contribution in [0.5, 0.6) is 0 Å². The van der Waals surface area contributed by atoms with E-state index in [1.807, 2.05) is 44.2 Å². The fourth-order valence-corrected chi connectivity index (χ4v) is 3.89. The van der Waals surface area contributed by atoms with Crippen molar-refractivity contribution in [2.75, 3.05) is 18.4 Å². The molecule has 150 valence electrons. The van der Waals surface area contributed by atoms with Crippen LogP contribution in [0.1, 0.15) is 41.4 Å². The summed E-state index contributed by atoms with van der Waals surface area (Å²) < 4.78 is 13.2. The van der Waals surface area contributed by atoms with Crippen molar-refractivity contribution in [3.8, 4) is 0 Å². The first-order chi connectivity index (χ1) is 14.0. The second kappa shape index (κ2) is 8.66. The Morgan fingerprint density at radius 1 is 1.07 bits per heavy atom. The summed E-state index contributed by atoms with van der Waals surface area (Å²) in [5.74, 6) is 2.49. The average molecular weight is 391 g/mol. The highest BCUT2D eigenvalue weighted by Crippen LogP contribution is 2.28. The van der Waals surface area contributed by atoms with E-state index in [1.54, 1.807) is 6.20 Å². The number of hydrogen-bond donors (Lipinski definition) is 1. The highest BCUT2D eigenvalue weighted by Gasteiger charge is 2.23. The van der Waals surface area contributed by atoms with Crippen molar-refractivity contribution in [3.05, 3.63) is 77.1 Å².